The number of nitro benzene ring substituents is 1. The molecular weight excluding hydrogens is 266 g/mol. The zero-order valence-electron chi connectivity index (χ0n) is 11.3. The van der Waals surface area contributed by atoms with Gasteiger partial charge in [0.15, 0.2) is 0 Å². The van der Waals surface area contributed by atoms with Gasteiger partial charge in [0.2, 0.25) is 0 Å². The van der Waals surface area contributed by atoms with Crippen molar-refractivity contribution in [2.24, 2.45) is 0 Å². The Kier molecular flexibility index (Phi) is 6.08. The average Bonchev–Trinajstić information content (AvgIpc) is 2.46. The van der Waals surface area contributed by atoms with Crippen molar-refractivity contribution in [2.45, 2.75) is 25.0 Å². The third-order valence-electron chi connectivity index (χ3n) is 2.91. The van der Waals surface area contributed by atoms with Crippen LogP contribution in [0.2, 0.25) is 0 Å². The number of esters is 1. The zero-order chi connectivity index (χ0) is 15.1. The number of nitrogens with zero attached hydrogens (tertiary/aromatic N) is 1. The second-order valence-electron chi connectivity index (χ2n) is 4.24. The number of non-ortho nitro benzene ring substituents is 1. The SMILES string of the molecule is COC(=O)CC(CC(O)c1cccc([N+](=O)[O-])c1)OC. The van der Waals surface area contributed by atoms with Crippen LogP contribution in [0.4, 0.5) is 5.69 Å². The summed E-state index contributed by atoms with van der Waals surface area (Å²) >= 11 is 0. The first kappa shape index (κ1) is 16.1. The number of carbonyl (C=O) groups is 1. The van der Waals surface area contributed by atoms with Crippen molar-refractivity contribution in [3.05, 3.63) is 39.9 Å². The summed E-state index contributed by atoms with van der Waals surface area (Å²) in [7, 11) is 2.69. The van der Waals surface area contributed by atoms with Gasteiger partial charge in [-0.25, -0.2) is 0 Å². The van der Waals surface area contributed by atoms with E-state index in [1.165, 1.54) is 32.4 Å². The Morgan fingerprint density at radius 1 is 1.45 bits per heavy atom. The van der Waals surface area contributed by atoms with Crippen molar-refractivity contribution >= 4 is 11.7 Å². The minimum Gasteiger partial charge on any atom is -0.469 e. The van der Waals surface area contributed by atoms with E-state index in [1.54, 1.807) is 6.07 Å². The van der Waals surface area contributed by atoms with Gasteiger partial charge in [-0.05, 0) is 5.56 Å². The molecule has 0 heterocycles. The number of rotatable bonds is 7. The molecule has 0 bridgehead atoms. The van der Waals surface area contributed by atoms with Crippen molar-refractivity contribution in [2.75, 3.05) is 14.2 Å². The molecule has 0 spiro atoms. The Hall–Kier alpha value is -1.99. The van der Waals surface area contributed by atoms with Gasteiger partial charge in [0.1, 0.15) is 0 Å². The van der Waals surface area contributed by atoms with Gasteiger partial charge in [-0.1, -0.05) is 12.1 Å². The summed E-state index contributed by atoms with van der Waals surface area (Å²) in [6, 6.07) is 5.73. The van der Waals surface area contributed by atoms with Crippen molar-refractivity contribution in [3.63, 3.8) is 0 Å². The Labute approximate surface area is 116 Å². The van der Waals surface area contributed by atoms with Crippen molar-refractivity contribution in [1.82, 2.24) is 0 Å². The topological polar surface area (TPSA) is 98.9 Å². The van der Waals surface area contributed by atoms with Gasteiger partial charge in [-0.2, -0.15) is 0 Å². The minimum absolute atomic E-state index is 0.0129. The van der Waals surface area contributed by atoms with Gasteiger partial charge in [0, 0.05) is 25.7 Å². The lowest BCUT2D eigenvalue weighted by Crippen LogP contribution is -2.20. The molecular formula is C13H17NO6. The predicted octanol–water partition coefficient (Wildman–Crippen LogP) is 1.60. The number of aliphatic hydroxyl groups is 1. The summed E-state index contributed by atoms with van der Waals surface area (Å²) < 4.78 is 9.63. The molecule has 20 heavy (non-hydrogen) atoms. The lowest BCUT2D eigenvalue weighted by atomic mass is 10.0. The predicted molar refractivity (Wildman–Crippen MR) is 70.1 cm³/mol. The molecule has 1 aromatic rings. The first-order chi connectivity index (χ1) is 9.47. The maximum atomic E-state index is 11.2. The molecule has 1 N–H and O–H groups in total. The first-order valence-corrected chi connectivity index (χ1v) is 6.00. The molecule has 0 saturated heterocycles. The molecule has 0 fully saturated rings. The summed E-state index contributed by atoms with van der Waals surface area (Å²) in [5.74, 6) is -0.442. The third-order valence-corrected chi connectivity index (χ3v) is 2.91. The normalized spacial score (nSPS) is 13.6. The molecule has 1 rings (SSSR count). The van der Waals surface area contributed by atoms with E-state index in [2.05, 4.69) is 4.74 Å². The van der Waals surface area contributed by atoms with Crippen LogP contribution in [0, 0.1) is 10.1 Å². The zero-order valence-corrected chi connectivity index (χ0v) is 11.3. The molecule has 0 amide bonds. The van der Waals surface area contributed by atoms with E-state index in [-0.39, 0.29) is 18.5 Å². The standard InChI is InChI=1S/C13H17NO6/c1-19-11(8-13(16)20-2)7-12(15)9-4-3-5-10(6-9)14(17)18/h3-6,11-12,15H,7-8H2,1-2H3. The summed E-state index contributed by atoms with van der Waals surface area (Å²) in [6.07, 6.45) is -1.31. The average molecular weight is 283 g/mol. The van der Waals surface area contributed by atoms with Crippen LogP contribution in [-0.2, 0) is 14.3 Å². The maximum absolute atomic E-state index is 11.2. The highest BCUT2D eigenvalue weighted by Crippen LogP contribution is 2.24. The highest BCUT2D eigenvalue weighted by Gasteiger charge is 2.20. The second kappa shape index (κ2) is 7.56. The van der Waals surface area contributed by atoms with Gasteiger partial charge in [0.25, 0.3) is 5.69 Å². The van der Waals surface area contributed by atoms with E-state index >= 15 is 0 Å². The summed E-state index contributed by atoms with van der Waals surface area (Å²) in [5.41, 5.74) is 0.314. The molecule has 0 radical (unpaired) electrons. The van der Waals surface area contributed by atoms with Crippen LogP contribution >= 0.6 is 0 Å². The molecule has 0 aliphatic rings. The van der Waals surface area contributed by atoms with Gasteiger partial charge in [-0.15, -0.1) is 0 Å². The Morgan fingerprint density at radius 2 is 2.15 bits per heavy atom. The Morgan fingerprint density at radius 3 is 2.70 bits per heavy atom. The van der Waals surface area contributed by atoms with E-state index in [9.17, 15) is 20.0 Å². The molecule has 2 unspecified atom stereocenters. The number of carbonyl (C=O) groups excluding carboxylic acids is 1. The molecule has 7 heteroatoms. The monoisotopic (exact) mass is 283 g/mol. The van der Waals surface area contributed by atoms with Crippen LogP contribution in [0.25, 0.3) is 0 Å². The van der Waals surface area contributed by atoms with Crippen LogP contribution in [0.1, 0.15) is 24.5 Å². The lowest BCUT2D eigenvalue weighted by Gasteiger charge is -2.18. The number of hydrogen-bond acceptors (Lipinski definition) is 6. The van der Waals surface area contributed by atoms with E-state index in [0.29, 0.717) is 5.56 Å². The van der Waals surface area contributed by atoms with Crippen LogP contribution in [0.5, 0.6) is 0 Å². The fraction of sp³-hybridized carbons (Fsp3) is 0.462. The number of nitro groups is 1. The number of methoxy groups -OCH3 is 2. The molecule has 110 valence electrons. The Bertz CT molecular complexity index is 476. The molecule has 0 aliphatic carbocycles. The van der Waals surface area contributed by atoms with Crippen LogP contribution < -0.4 is 0 Å². The molecule has 0 aliphatic heterocycles. The molecule has 2 atom stereocenters. The number of aliphatic hydroxyl groups excluding tert-OH is 1. The third kappa shape index (κ3) is 4.60. The van der Waals surface area contributed by atoms with Gasteiger partial charge in [0.05, 0.1) is 30.7 Å². The highest BCUT2D eigenvalue weighted by molar-refractivity contribution is 5.69. The van der Waals surface area contributed by atoms with Crippen molar-refractivity contribution in [1.29, 1.82) is 0 Å². The minimum atomic E-state index is -0.954. The van der Waals surface area contributed by atoms with Crippen LogP contribution in [0.15, 0.2) is 24.3 Å². The number of ether oxygens (including phenoxy) is 2. The Balaban J connectivity index is 2.73. The molecule has 7 nitrogen and oxygen atoms in total. The van der Waals surface area contributed by atoms with Crippen molar-refractivity contribution in [3.8, 4) is 0 Å². The quantitative estimate of drug-likeness (QED) is 0.463. The summed E-state index contributed by atoms with van der Waals surface area (Å²) in [6.45, 7) is 0. The summed E-state index contributed by atoms with van der Waals surface area (Å²) in [4.78, 5) is 21.3. The lowest BCUT2D eigenvalue weighted by molar-refractivity contribution is -0.385. The van der Waals surface area contributed by atoms with Crippen LogP contribution in [-0.4, -0.2) is 36.3 Å². The first-order valence-electron chi connectivity index (χ1n) is 6.00. The molecule has 0 aromatic heterocycles. The largest absolute Gasteiger partial charge is 0.469 e. The smallest absolute Gasteiger partial charge is 0.308 e. The van der Waals surface area contributed by atoms with Gasteiger partial charge in [-0.3, -0.25) is 14.9 Å². The summed E-state index contributed by atoms with van der Waals surface area (Å²) in [5, 5.41) is 20.7. The molecule has 1 aromatic carbocycles. The van der Waals surface area contributed by atoms with Crippen LogP contribution in [0.3, 0.4) is 0 Å². The number of hydrogen-bond donors (Lipinski definition) is 1. The second-order valence-corrected chi connectivity index (χ2v) is 4.24. The van der Waals surface area contributed by atoms with Gasteiger partial charge >= 0.3 is 5.97 Å². The maximum Gasteiger partial charge on any atom is 0.308 e. The van der Waals surface area contributed by atoms with E-state index in [1.807, 2.05) is 0 Å². The highest BCUT2D eigenvalue weighted by atomic mass is 16.6. The fourth-order valence-corrected chi connectivity index (χ4v) is 1.76. The van der Waals surface area contributed by atoms with Gasteiger partial charge < -0.3 is 14.6 Å². The van der Waals surface area contributed by atoms with E-state index in [0.717, 1.165) is 0 Å². The van der Waals surface area contributed by atoms with E-state index in [4.69, 9.17) is 4.74 Å². The van der Waals surface area contributed by atoms with E-state index < -0.39 is 23.1 Å². The number of benzene rings is 1. The van der Waals surface area contributed by atoms with Crippen molar-refractivity contribution < 1.29 is 24.3 Å². The fourth-order valence-electron chi connectivity index (χ4n) is 1.76. The molecule has 0 saturated carbocycles.